The number of nitrogens with zero attached hydrogens (tertiary/aromatic N) is 1. The summed E-state index contributed by atoms with van der Waals surface area (Å²) in [7, 11) is 0. The molecular weight excluding hydrogens is 415 g/mol. The topological polar surface area (TPSA) is 24.9 Å². The maximum absolute atomic E-state index is 4.26. The molecule has 0 aliphatic rings. The van der Waals surface area contributed by atoms with Gasteiger partial charge in [-0.25, -0.2) is 0 Å². The van der Waals surface area contributed by atoms with Crippen molar-refractivity contribution in [3.8, 4) is 0 Å². The minimum absolute atomic E-state index is 0.301. The maximum atomic E-state index is 4.26. The van der Waals surface area contributed by atoms with E-state index in [9.17, 15) is 0 Å². The summed E-state index contributed by atoms with van der Waals surface area (Å²) in [5.74, 6) is 0. The SMILES string of the molecule is CCNC(Cc1ccc(I)cc1)c1cncc(Br)c1. The van der Waals surface area contributed by atoms with Crippen LogP contribution in [-0.4, -0.2) is 11.5 Å². The van der Waals surface area contributed by atoms with Crippen LogP contribution in [-0.2, 0) is 6.42 Å². The molecule has 2 rings (SSSR count). The van der Waals surface area contributed by atoms with E-state index in [4.69, 9.17) is 0 Å². The van der Waals surface area contributed by atoms with Gasteiger partial charge in [-0.2, -0.15) is 0 Å². The van der Waals surface area contributed by atoms with E-state index >= 15 is 0 Å². The molecule has 1 aromatic heterocycles. The lowest BCUT2D eigenvalue weighted by atomic mass is 10.0. The van der Waals surface area contributed by atoms with E-state index in [2.05, 4.69) is 86.1 Å². The van der Waals surface area contributed by atoms with Crippen molar-refractivity contribution >= 4 is 38.5 Å². The second-order valence-corrected chi connectivity index (χ2v) is 6.54. The van der Waals surface area contributed by atoms with Crippen LogP contribution in [0.15, 0.2) is 47.2 Å². The zero-order valence-corrected chi connectivity index (χ0v) is 14.5. The third-order valence-corrected chi connectivity index (χ3v) is 4.08. The monoisotopic (exact) mass is 430 g/mol. The van der Waals surface area contributed by atoms with E-state index in [1.54, 1.807) is 0 Å². The lowest BCUT2D eigenvalue weighted by Crippen LogP contribution is -2.23. The lowest BCUT2D eigenvalue weighted by Gasteiger charge is -2.18. The van der Waals surface area contributed by atoms with Gasteiger partial charge in [0.1, 0.15) is 0 Å². The van der Waals surface area contributed by atoms with Gasteiger partial charge >= 0.3 is 0 Å². The third kappa shape index (κ3) is 4.54. The summed E-state index contributed by atoms with van der Waals surface area (Å²) in [6.45, 7) is 3.08. The highest BCUT2D eigenvalue weighted by Gasteiger charge is 2.11. The van der Waals surface area contributed by atoms with E-state index in [-0.39, 0.29) is 0 Å². The van der Waals surface area contributed by atoms with Crippen molar-refractivity contribution in [3.05, 3.63) is 61.9 Å². The molecule has 0 aliphatic carbocycles. The number of benzene rings is 1. The average Bonchev–Trinajstić information content (AvgIpc) is 2.41. The summed E-state index contributed by atoms with van der Waals surface area (Å²) in [4.78, 5) is 4.26. The largest absolute Gasteiger partial charge is 0.310 e. The fourth-order valence-electron chi connectivity index (χ4n) is 2.03. The van der Waals surface area contributed by atoms with Gasteiger partial charge in [-0.05, 0) is 80.8 Å². The first-order chi connectivity index (χ1) is 9.19. The zero-order valence-electron chi connectivity index (χ0n) is 10.7. The zero-order chi connectivity index (χ0) is 13.7. The van der Waals surface area contributed by atoms with Crippen LogP contribution < -0.4 is 5.32 Å². The second-order valence-electron chi connectivity index (χ2n) is 4.38. The Bertz CT molecular complexity index is 528. The lowest BCUT2D eigenvalue weighted by molar-refractivity contribution is 0.548. The minimum atomic E-state index is 0.301. The van der Waals surface area contributed by atoms with Crippen LogP contribution in [0.5, 0.6) is 0 Å². The first-order valence-corrected chi connectivity index (χ1v) is 8.14. The molecule has 1 heterocycles. The average molecular weight is 431 g/mol. The van der Waals surface area contributed by atoms with Gasteiger partial charge in [-0.1, -0.05) is 19.1 Å². The van der Waals surface area contributed by atoms with Crippen molar-refractivity contribution in [2.24, 2.45) is 0 Å². The fourth-order valence-corrected chi connectivity index (χ4v) is 2.77. The molecule has 1 atom stereocenters. The van der Waals surface area contributed by atoms with Crippen LogP contribution in [0, 0.1) is 3.57 Å². The standard InChI is InChI=1S/C15H16BrIN2/c1-2-19-15(12-8-13(16)10-18-9-12)7-11-3-5-14(17)6-4-11/h3-6,8-10,15,19H,2,7H2,1H3. The Kier molecular flexibility index (Phi) is 5.78. The molecule has 2 aromatic rings. The molecule has 0 bridgehead atoms. The maximum Gasteiger partial charge on any atom is 0.0410 e. The molecule has 0 saturated carbocycles. The van der Waals surface area contributed by atoms with Gasteiger partial charge in [0.05, 0.1) is 0 Å². The van der Waals surface area contributed by atoms with E-state index < -0.39 is 0 Å². The highest BCUT2D eigenvalue weighted by molar-refractivity contribution is 14.1. The molecule has 1 unspecified atom stereocenters. The van der Waals surface area contributed by atoms with Crippen LogP contribution in [0.2, 0.25) is 0 Å². The predicted molar refractivity (Wildman–Crippen MR) is 91.2 cm³/mol. The van der Waals surface area contributed by atoms with E-state index in [0.29, 0.717) is 6.04 Å². The molecule has 2 nitrogen and oxygen atoms in total. The molecule has 0 saturated heterocycles. The summed E-state index contributed by atoms with van der Waals surface area (Å²) in [5, 5.41) is 3.53. The number of nitrogens with one attached hydrogen (secondary N) is 1. The summed E-state index contributed by atoms with van der Waals surface area (Å²) < 4.78 is 2.29. The molecule has 0 aliphatic heterocycles. The molecule has 0 fully saturated rings. The van der Waals surface area contributed by atoms with Crippen LogP contribution in [0.4, 0.5) is 0 Å². The predicted octanol–water partition coefficient (Wildman–Crippen LogP) is 4.34. The van der Waals surface area contributed by atoms with Crippen LogP contribution >= 0.6 is 38.5 Å². The summed E-state index contributed by atoms with van der Waals surface area (Å²) in [5.41, 5.74) is 2.56. The summed E-state index contributed by atoms with van der Waals surface area (Å²) in [6, 6.07) is 11.1. The Labute approximate surface area is 136 Å². The van der Waals surface area contributed by atoms with Gasteiger partial charge in [0.2, 0.25) is 0 Å². The first kappa shape index (κ1) is 14.9. The molecule has 1 N–H and O–H groups in total. The summed E-state index contributed by atoms with van der Waals surface area (Å²) >= 11 is 5.82. The van der Waals surface area contributed by atoms with Gasteiger partial charge in [0.15, 0.2) is 0 Å². The van der Waals surface area contributed by atoms with Crippen molar-refractivity contribution in [1.29, 1.82) is 0 Å². The Morgan fingerprint density at radius 1 is 1.26 bits per heavy atom. The number of rotatable bonds is 5. The molecule has 1 aromatic carbocycles. The van der Waals surface area contributed by atoms with Crippen LogP contribution in [0.1, 0.15) is 24.1 Å². The van der Waals surface area contributed by atoms with Crippen molar-refractivity contribution < 1.29 is 0 Å². The highest BCUT2D eigenvalue weighted by Crippen LogP contribution is 2.21. The summed E-state index contributed by atoms with van der Waals surface area (Å²) in [6.07, 6.45) is 4.73. The molecule has 19 heavy (non-hydrogen) atoms. The smallest absolute Gasteiger partial charge is 0.0410 e. The van der Waals surface area contributed by atoms with Gasteiger partial charge in [-0.15, -0.1) is 0 Å². The number of halogens is 2. The Morgan fingerprint density at radius 3 is 2.63 bits per heavy atom. The van der Waals surface area contributed by atoms with Gasteiger partial charge < -0.3 is 5.32 Å². The molecule has 0 amide bonds. The van der Waals surface area contributed by atoms with Gasteiger partial charge in [0, 0.05) is 26.5 Å². The van der Waals surface area contributed by atoms with E-state index in [1.807, 2.05) is 12.4 Å². The number of hydrogen-bond donors (Lipinski definition) is 1. The van der Waals surface area contributed by atoms with Gasteiger partial charge in [0.25, 0.3) is 0 Å². The van der Waals surface area contributed by atoms with E-state index in [1.165, 1.54) is 14.7 Å². The molecule has 100 valence electrons. The molecular formula is C15H16BrIN2. The number of likely N-dealkylation sites (N-methyl/N-ethyl adjacent to an activating group) is 1. The molecule has 0 radical (unpaired) electrons. The van der Waals surface area contributed by atoms with Crippen molar-refractivity contribution in [1.82, 2.24) is 10.3 Å². The number of hydrogen-bond acceptors (Lipinski definition) is 2. The normalized spacial score (nSPS) is 12.4. The van der Waals surface area contributed by atoms with Crippen LogP contribution in [0.25, 0.3) is 0 Å². The van der Waals surface area contributed by atoms with Crippen molar-refractivity contribution in [2.45, 2.75) is 19.4 Å². The number of pyridine rings is 1. The van der Waals surface area contributed by atoms with Crippen molar-refractivity contribution in [2.75, 3.05) is 6.54 Å². The third-order valence-electron chi connectivity index (χ3n) is 2.93. The Balaban J connectivity index is 2.18. The first-order valence-electron chi connectivity index (χ1n) is 6.27. The number of aromatic nitrogens is 1. The van der Waals surface area contributed by atoms with Crippen molar-refractivity contribution in [3.63, 3.8) is 0 Å². The quantitative estimate of drug-likeness (QED) is 0.713. The Hall–Kier alpha value is -0.460. The highest BCUT2D eigenvalue weighted by atomic mass is 127. The second kappa shape index (κ2) is 7.36. The Morgan fingerprint density at radius 2 is 2.00 bits per heavy atom. The molecule has 0 spiro atoms. The fraction of sp³-hybridized carbons (Fsp3) is 0.267. The van der Waals surface area contributed by atoms with Crippen LogP contribution in [0.3, 0.4) is 0 Å². The molecule has 4 heteroatoms. The minimum Gasteiger partial charge on any atom is -0.310 e. The van der Waals surface area contributed by atoms with Gasteiger partial charge in [-0.3, -0.25) is 4.98 Å². The van der Waals surface area contributed by atoms with E-state index in [0.717, 1.165) is 17.4 Å².